The number of carbonyl (C=O) groups is 4. The van der Waals surface area contributed by atoms with Gasteiger partial charge in [0.15, 0.2) is 0 Å². The standard InChI is InChI=1S/C30H36N2O6/c33-26(31-24-15-14-22-10-4-5-11-25(22)32(28(24)36)20-27(34)35)19-30(16-6-7-17-30)18-23(29(37)38)13-12-21-8-2-1-3-9-21/h1-5,8-11,23-24H,6-7,12-20H2,(H,31,33)(H,34,35)(H,37,38). The van der Waals surface area contributed by atoms with Crippen molar-refractivity contribution in [3.8, 4) is 0 Å². The molecule has 2 atom stereocenters. The molecule has 1 aliphatic carbocycles. The Hall–Kier alpha value is -3.68. The number of rotatable bonds is 11. The topological polar surface area (TPSA) is 124 Å². The maximum absolute atomic E-state index is 13.4. The van der Waals surface area contributed by atoms with E-state index >= 15 is 0 Å². The van der Waals surface area contributed by atoms with Gasteiger partial charge in [-0.2, -0.15) is 0 Å². The number of benzene rings is 2. The van der Waals surface area contributed by atoms with Crippen molar-refractivity contribution in [2.45, 2.75) is 70.3 Å². The molecule has 1 fully saturated rings. The number of carboxylic acids is 2. The van der Waals surface area contributed by atoms with Crippen molar-refractivity contribution in [1.82, 2.24) is 5.32 Å². The molecular formula is C30H36N2O6. The van der Waals surface area contributed by atoms with E-state index in [2.05, 4.69) is 5.32 Å². The van der Waals surface area contributed by atoms with E-state index in [9.17, 15) is 29.4 Å². The lowest BCUT2D eigenvalue weighted by Crippen LogP contribution is -2.50. The number of carboxylic acid groups (broad SMARTS) is 2. The fourth-order valence-corrected chi connectivity index (χ4v) is 6.13. The molecular weight excluding hydrogens is 484 g/mol. The van der Waals surface area contributed by atoms with Crippen LogP contribution in [0.1, 0.15) is 62.5 Å². The van der Waals surface area contributed by atoms with Gasteiger partial charge in [0.2, 0.25) is 11.8 Å². The molecule has 0 spiro atoms. The second-order valence-electron chi connectivity index (χ2n) is 10.8. The Morgan fingerprint density at radius 1 is 1.00 bits per heavy atom. The molecule has 8 heteroatoms. The van der Waals surface area contributed by atoms with Gasteiger partial charge in [0.05, 0.1) is 5.92 Å². The normalized spacial score (nSPS) is 19.3. The number of aliphatic carboxylic acids is 2. The lowest BCUT2D eigenvalue weighted by molar-refractivity contribution is -0.144. The molecule has 38 heavy (non-hydrogen) atoms. The predicted octanol–water partition coefficient (Wildman–Crippen LogP) is 4.21. The summed E-state index contributed by atoms with van der Waals surface area (Å²) in [7, 11) is 0. The van der Waals surface area contributed by atoms with E-state index in [1.54, 1.807) is 12.1 Å². The molecule has 4 rings (SSSR count). The van der Waals surface area contributed by atoms with Gasteiger partial charge < -0.3 is 15.5 Å². The van der Waals surface area contributed by atoms with Crippen LogP contribution in [-0.4, -0.2) is 46.6 Å². The highest BCUT2D eigenvalue weighted by atomic mass is 16.4. The van der Waals surface area contributed by atoms with Crippen molar-refractivity contribution in [3.05, 3.63) is 65.7 Å². The Bertz CT molecular complexity index is 1160. The summed E-state index contributed by atoms with van der Waals surface area (Å²) < 4.78 is 0. The Labute approximate surface area is 223 Å². The predicted molar refractivity (Wildman–Crippen MR) is 143 cm³/mol. The van der Waals surface area contributed by atoms with Gasteiger partial charge in [-0.1, -0.05) is 61.4 Å². The number of anilines is 1. The second-order valence-corrected chi connectivity index (χ2v) is 10.8. The van der Waals surface area contributed by atoms with Gasteiger partial charge in [0, 0.05) is 12.1 Å². The monoisotopic (exact) mass is 520 g/mol. The van der Waals surface area contributed by atoms with Crippen molar-refractivity contribution >= 4 is 29.4 Å². The average Bonchev–Trinajstić information content (AvgIpc) is 3.31. The number of para-hydroxylation sites is 1. The molecule has 2 unspecified atom stereocenters. The van der Waals surface area contributed by atoms with Gasteiger partial charge in [-0.15, -0.1) is 0 Å². The van der Waals surface area contributed by atoms with E-state index in [4.69, 9.17) is 0 Å². The molecule has 1 aliphatic heterocycles. The molecule has 1 heterocycles. The van der Waals surface area contributed by atoms with Crippen molar-refractivity contribution in [3.63, 3.8) is 0 Å². The van der Waals surface area contributed by atoms with Crippen LogP contribution in [0.3, 0.4) is 0 Å². The molecule has 0 radical (unpaired) electrons. The van der Waals surface area contributed by atoms with Crippen molar-refractivity contribution in [2.24, 2.45) is 11.3 Å². The van der Waals surface area contributed by atoms with Crippen LogP contribution >= 0.6 is 0 Å². The number of fused-ring (bicyclic) bond motifs is 1. The van der Waals surface area contributed by atoms with Crippen LogP contribution in [0.4, 0.5) is 5.69 Å². The Morgan fingerprint density at radius 2 is 1.68 bits per heavy atom. The first-order valence-electron chi connectivity index (χ1n) is 13.4. The number of hydrogen-bond acceptors (Lipinski definition) is 4. The van der Waals surface area contributed by atoms with Gasteiger partial charge in [-0.05, 0) is 67.6 Å². The second kappa shape index (κ2) is 12.2. The van der Waals surface area contributed by atoms with E-state index in [0.29, 0.717) is 37.8 Å². The molecule has 0 saturated heterocycles. The SMILES string of the molecule is O=C(O)CN1C(=O)C(NC(=O)CC2(CC(CCc3ccccc3)C(=O)O)CCCC2)CCc2ccccc21. The number of hydrogen-bond donors (Lipinski definition) is 3. The largest absolute Gasteiger partial charge is 0.481 e. The molecule has 0 bridgehead atoms. The zero-order valence-corrected chi connectivity index (χ0v) is 21.6. The number of amides is 2. The van der Waals surface area contributed by atoms with Crippen molar-refractivity contribution in [1.29, 1.82) is 0 Å². The van der Waals surface area contributed by atoms with Crippen LogP contribution in [0.15, 0.2) is 54.6 Å². The van der Waals surface area contributed by atoms with Gasteiger partial charge in [-0.25, -0.2) is 0 Å². The summed E-state index contributed by atoms with van der Waals surface area (Å²) in [6, 6.07) is 16.2. The van der Waals surface area contributed by atoms with E-state index in [1.165, 1.54) is 4.90 Å². The average molecular weight is 521 g/mol. The Balaban J connectivity index is 1.44. The molecule has 202 valence electrons. The molecule has 2 amide bonds. The van der Waals surface area contributed by atoms with E-state index < -0.39 is 41.8 Å². The van der Waals surface area contributed by atoms with Crippen LogP contribution in [0.5, 0.6) is 0 Å². The summed E-state index contributed by atoms with van der Waals surface area (Å²) in [5.74, 6) is -3.23. The summed E-state index contributed by atoms with van der Waals surface area (Å²) in [5, 5.41) is 22.3. The summed E-state index contributed by atoms with van der Waals surface area (Å²) in [4.78, 5) is 51.6. The first-order chi connectivity index (χ1) is 18.3. The van der Waals surface area contributed by atoms with E-state index in [1.807, 2.05) is 42.5 Å². The third kappa shape index (κ3) is 6.79. The van der Waals surface area contributed by atoms with Crippen LogP contribution < -0.4 is 10.2 Å². The molecule has 0 aromatic heterocycles. The minimum Gasteiger partial charge on any atom is -0.481 e. The van der Waals surface area contributed by atoms with Gasteiger partial charge in [-0.3, -0.25) is 24.1 Å². The van der Waals surface area contributed by atoms with Crippen LogP contribution in [0, 0.1) is 11.3 Å². The van der Waals surface area contributed by atoms with Crippen LogP contribution in [0.25, 0.3) is 0 Å². The Morgan fingerprint density at radius 3 is 2.37 bits per heavy atom. The summed E-state index contributed by atoms with van der Waals surface area (Å²) in [6.07, 6.45) is 6.13. The summed E-state index contributed by atoms with van der Waals surface area (Å²) in [5.41, 5.74) is 2.11. The summed E-state index contributed by atoms with van der Waals surface area (Å²) in [6.45, 7) is -0.478. The third-order valence-corrected chi connectivity index (χ3v) is 8.03. The zero-order chi connectivity index (χ0) is 27.1. The number of carbonyl (C=O) groups excluding carboxylic acids is 2. The zero-order valence-electron chi connectivity index (χ0n) is 21.6. The van der Waals surface area contributed by atoms with Gasteiger partial charge in [0.25, 0.3) is 0 Å². The molecule has 2 aromatic rings. The molecule has 3 N–H and O–H groups in total. The van der Waals surface area contributed by atoms with Gasteiger partial charge >= 0.3 is 11.9 Å². The van der Waals surface area contributed by atoms with Gasteiger partial charge in [0.1, 0.15) is 12.6 Å². The highest BCUT2D eigenvalue weighted by molar-refractivity contribution is 6.03. The highest BCUT2D eigenvalue weighted by Gasteiger charge is 2.41. The molecule has 8 nitrogen and oxygen atoms in total. The minimum atomic E-state index is -1.12. The number of nitrogens with one attached hydrogen (secondary N) is 1. The molecule has 2 aromatic carbocycles. The highest BCUT2D eigenvalue weighted by Crippen LogP contribution is 2.46. The summed E-state index contributed by atoms with van der Waals surface area (Å²) >= 11 is 0. The van der Waals surface area contributed by atoms with E-state index in [-0.39, 0.29) is 12.3 Å². The molecule has 2 aliphatic rings. The quantitative estimate of drug-likeness (QED) is 0.408. The smallest absolute Gasteiger partial charge is 0.323 e. The minimum absolute atomic E-state index is 0.164. The fraction of sp³-hybridized carbons (Fsp3) is 0.467. The third-order valence-electron chi connectivity index (χ3n) is 8.03. The van der Waals surface area contributed by atoms with Crippen LogP contribution in [0.2, 0.25) is 0 Å². The fourth-order valence-electron chi connectivity index (χ4n) is 6.13. The lowest BCUT2D eigenvalue weighted by atomic mass is 9.73. The maximum Gasteiger partial charge on any atom is 0.323 e. The first-order valence-corrected chi connectivity index (χ1v) is 13.4. The van der Waals surface area contributed by atoms with E-state index in [0.717, 1.165) is 36.8 Å². The van der Waals surface area contributed by atoms with Crippen molar-refractivity contribution in [2.75, 3.05) is 11.4 Å². The van der Waals surface area contributed by atoms with Crippen LogP contribution in [-0.2, 0) is 32.0 Å². The lowest BCUT2D eigenvalue weighted by Gasteiger charge is -2.32. The number of aryl methyl sites for hydroxylation is 2. The number of nitrogens with zero attached hydrogens (tertiary/aromatic N) is 1. The maximum atomic E-state index is 13.4. The van der Waals surface area contributed by atoms with Crippen molar-refractivity contribution < 1.29 is 29.4 Å². The first kappa shape index (κ1) is 27.4. The Kier molecular flexibility index (Phi) is 8.81. The molecule has 1 saturated carbocycles.